The summed E-state index contributed by atoms with van der Waals surface area (Å²) in [4.78, 5) is 4.74. The van der Waals surface area contributed by atoms with E-state index in [1.165, 1.54) is 6.42 Å². The SMILES string of the molecule is CC1CCCc2nc(-c3ccc4c(c3)OCO4)c(N)n21. The summed E-state index contributed by atoms with van der Waals surface area (Å²) in [5.41, 5.74) is 8.16. The van der Waals surface area contributed by atoms with Crippen LogP contribution in [-0.2, 0) is 6.42 Å². The van der Waals surface area contributed by atoms with Gasteiger partial charge in [0.15, 0.2) is 11.5 Å². The van der Waals surface area contributed by atoms with E-state index in [2.05, 4.69) is 11.5 Å². The molecule has 5 heteroatoms. The number of imidazole rings is 1. The van der Waals surface area contributed by atoms with Crippen LogP contribution in [0.25, 0.3) is 11.3 Å². The topological polar surface area (TPSA) is 62.3 Å². The van der Waals surface area contributed by atoms with Gasteiger partial charge < -0.3 is 19.8 Å². The van der Waals surface area contributed by atoms with Gasteiger partial charge in [-0.1, -0.05) is 0 Å². The lowest BCUT2D eigenvalue weighted by atomic mass is 10.1. The standard InChI is InChI=1S/C15H17N3O2/c1-9-3-2-4-13-17-14(15(16)18(9)13)10-5-6-11-12(7-10)20-8-19-11/h5-7,9H,2-4,8,16H2,1H3. The molecule has 1 atom stereocenters. The summed E-state index contributed by atoms with van der Waals surface area (Å²) in [6, 6.07) is 6.29. The van der Waals surface area contributed by atoms with Gasteiger partial charge in [-0.15, -0.1) is 0 Å². The highest BCUT2D eigenvalue weighted by molar-refractivity contribution is 5.73. The molecule has 0 saturated carbocycles. The van der Waals surface area contributed by atoms with Crippen molar-refractivity contribution < 1.29 is 9.47 Å². The Morgan fingerprint density at radius 1 is 1.30 bits per heavy atom. The first-order valence-corrected chi connectivity index (χ1v) is 7.00. The number of benzene rings is 1. The number of nitrogen functional groups attached to an aromatic ring is 1. The van der Waals surface area contributed by atoms with Gasteiger partial charge in [0.05, 0.1) is 0 Å². The molecule has 104 valence electrons. The van der Waals surface area contributed by atoms with Crippen LogP contribution >= 0.6 is 0 Å². The zero-order valence-corrected chi connectivity index (χ0v) is 11.4. The fourth-order valence-electron chi connectivity index (χ4n) is 3.10. The quantitative estimate of drug-likeness (QED) is 0.866. The zero-order chi connectivity index (χ0) is 13.7. The number of aryl methyl sites for hydroxylation is 1. The molecule has 2 N–H and O–H groups in total. The molecule has 1 aromatic carbocycles. The highest BCUT2D eigenvalue weighted by Crippen LogP contribution is 2.39. The van der Waals surface area contributed by atoms with Gasteiger partial charge in [0.25, 0.3) is 0 Å². The van der Waals surface area contributed by atoms with Crippen molar-refractivity contribution in [2.24, 2.45) is 0 Å². The molecule has 3 heterocycles. The molecule has 0 bridgehead atoms. The van der Waals surface area contributed by atoms with E-state index < -0.39 is 0 Å². The van der Waals surface area contributed by atoms with E-state index >= 15 is 0 Å². The summed E-state index contributed by atoms with van der Waals surface area (Å²) in [5.74, 6) is 3.39. The van der Waals surface area contributed by atoms with E-state index in [-0.39, 0.29) is 6.79 Å². The van der Waals surface area contributed by atoms with Crippen LogP contribution in [-0.4, -0.2) is 16.3 Å². The Bertz CT molecular complexity index is 678. The minimum atomic E-state index is 0.283. The number of nitrogens with zero attached hydrogens (tertiary/aromatic N) is 2. The molecule has 1 unspecified atom stereocenters. The maximum absolute atomic E-state index is 6.32. The highest BCUT2D eigenvalue weighted by Gasteiger charge is 2.24. The Labute approximate surface area is 117 Å². The zero-order valence-electron chi connectivity index (χ0n) is 11.4. The fraction of sp³-hybridized carbons (Fsp3) is 0.400. The smallest absolute Gasteiger partial charge is 0.231 e. The Balaban J connectivity index is 1.83. The number of hydrogen-bond donors (Lipinski definition) is 1. The van der Waals surface area contributed by atoms with Crippen molar-refractivity contribution in [1.29, 1.82) is 0 Å². The Kier molecular flexibility index (Phi) is 2.42. The van der Waals surface area contributed by atoms with E-state index in [0.717, 1.165) is 47.2 Å². The molecular formula is C15H17N3O2. The second-order valence-electron chi connectivity index (χ2n) is 5.44. The lowest BCUT2D eigenvalue weighted by Gasteiger charge is -2.22. The number of hydrogen-bond acceptors (Lipinski definition) is 4. The van der Waals surface area contributed by atoms with E-state index in [9.17, 15) is 0 Å². The molecule has 2 aliphatic heterocycles. The van der Waals surface area contributed by atoms with Crippen LogP contribution in [0.5, 0.6) is 11.5 Å². The Morgan fingerprint density at radius 2 is 2.15 bits per heavy atom. The van der Waals surface area contributed by atoms with Crippen LogP contribution in [0.15, 0.2) is 18.2 Å². The summed E-state index contributed by atoms with van der Waals surface area (Å²) in [5, 5.41) is 0. The van der Waals surface area contributed by atoms with Crippen molar-refractivity contribution >= 4 is 5.82 Å². The van der Waals surface area contributed by atoms with Gasteiger partial charge in [0, 0.05) is 18.0 Å². The number of ether oxygens (including phenoxy) is 2. The largest absolute Gasteiger partial charge is 0.454 e. The number of fused-ring (bicyclic) bond motifs is 2. The number of aromatic nitrogens is 2. The molecule has 0 spiro atoms. The van der Waals surface area contributed by atoms with E-state index in [1.54, 1.807) is 0 Å². The molecule has 1 aromatic heterocycles. The van der Waals surface area contributed by atoms with E-state index in [4.69, 9.17) is 20.2 Å². The third kappa shape index (κ3) is 1.59. The van der Waals surface area contributed by atoms with Crippen LogP contribution < -0.4 is 15.2 Å². The van der Waals surface area contributed by atoms with Crippen molar-refractivity contribution in [3.05, 3.63) is 24.0 Å². The Hall–Kier alpha value is -2.17. The van der Waals surface area contributed by atoms with Gasteiger partial charge in [-0.05, 0) is 38.0 Å². The van der Waals surface area contributed by atoms with Gasteiger partial charge in [0.2, 0.25) is 6.79 Å². The third-order valence-corrected chi connectivity index (χ3v) is 4.13. The molecule has 0 radical (unpaired) electrons. The summed E-state index contributed by atoms with van der Waals surface area (Å²) < 4.78 is 12.9. The van der Waals surface area contributed by atoms with Gasteiger partial charge >= 0.3 is 0 Å². The molecule has 0 saturated heterocycles. The molecule has 0 amide bonds. The maximum atomic E-state index is 6.32. The van der Waals surface area contributed by atoms with Gasteiger partial charge in [-0.3, -0.25) is 0 Å². The average Bonchev–Trinajstić information content (AvgIpc) is 3.03. The van der Waals surface area contributed by atoms with Gasteiger partial charge in [-0.2, -0.15) is 0 Å². The molecule has 2 aromatic rings. The Morgan fingerprint density at radius 3 is 3.00 bits per heavy atom. The molecule has 4 rings (SSSR count). The molecule has 5 nitrogen and oxygen atoms in total. The normalized spacial score (nSPS) is 19.9. The maximum Gasteiger partial charge on any atom is 0.231 e. The highest BCUT2D eigenvalue weighted by atomic mass is 16.7. The van der Waals surface area contributed by atoms with Crippen molar-refractivity contribution in [3.63, 3.8) is 0 Å². The average molecular weight is 271 g/mol. The lowest BCUT2D eigenvalue weighted by Crippen LogP contribution is -2.16. The van der Waals surface area contributed by atoms with E-state index in [1.807, 2.05) is 18.2 Å². The number of anilines is 1. The minimum Gasteiger partial charge on any atom is -0.454 e. The van der Waals surface area contributed by atoms with Gasteiger partial charge in [-0.25, -0.2) is 4.98 Å². The van der Waals surface area contributed by atoms with Crippen molar-refractivity contribution in [2.45, 2.75) is 32.2 Å². The first-order chi connectivity index (χ1) is 9.74. The lowest BCUT2D eigenvalue weighted by molar-refractivity contribution is 0.174. The minimum absolute atomic E-state index is 0.283. The summed E-state index contributed by atoms with van der Waals surface area (Å²) in [6.07, 6.45) is 3.34. The molecule has 0 fully saturated rings. The van der Waals surface area contributed by atoms with Crippen molar-refractivity contribution in [2.75, 3.05) is 12.5 Å². The molecular weight excluding hydrogens is 254 g/mol. The summed E-state index contributed by atoms with van der Waals surface area (Å²) >= 11 is 0. The predicted molar refractivity (Wildman–Crippen MR) is 75.8 cm³/mol. The second kappa shape index (κ2) is 4.16. The van der Waals surface area contributed by atoms with E-state index in [0.29, 0.717) is 6.04 Å². The fourth-order valence-corrected chi connectivity index (χ4v) is 3.10. The molecule has 0 aliphatic carbocycles. The first kappa shape index (κ1) is 11.6. The van der Waals surface area contributed by atoms with Crippen LogP contribution in [0.3, 0.4) is 0 Å². The van der Waals surface area contributed by atoms with Crippen LogP contribution in [0.1, 0.15) is 31.6 Å². The molecule has 2 aliphatic rings. The van der Waals surface area contributed by atoms with Gasteiger partial charge in [0.1, 0.15) is 17.3 Å². The van der Waals surface area contributed by atoms with Crippen LogP contribution in [0.4, 0.5) is 5.82 Å². The first-order valence-electron chi connectivity index (χ1n) is 7.00. The van der Waals surface area contributed by atoms with Crippen molar-refractivity contribution in [3.8, 4) is 22.8 Å². The summed E-state index contributed by atoms with van der Waals surface area (Å²) in [7, 11) is 0. The number of rotatable bonds is 1. The van der Waals surface area contributed by atoms with Crippen molar-refractivity contribution in [1.82, 2.24) is 9.55 Å². The van der Waals surface area contributed by atoms with Crippen LogP contribution in [0, 0.1) is 0 Å². The number of nitrogens with two attached hydrogens (primary N) is 1. The summed E-state index contributed by atoms with van der Waals surface area (Å²) in [6.45, 7) is 2.48. The second-order valence-corrected chi connectivity index (χ2v) is 5.44. The molecule has 20 heavy (non-hydrogen) atoms. The predicted octanol–water partition coefficient (Wildman–Crippen LogP) is 2.76. The monoisotopic (exact) mass is 271 g/mol. The van der Waals surface area contributed by atoms with Crippen LogP contribution in [0.2, 0.25) is 0 Å². The third-order valence-electron chi connectivity index (χ3n) is 4.13.